The van der Waals surface area contributed by atoms with E-state index in [0.29, 0.717) is 4.75 Å². The van der Waals surface area contributed by atoms with Crippen molar-refractivity contribution in [3.63, 3.8) is 0 Å². The van der Waals surface area contributed by atoms with Crippen LogP contribution in [0.5, 0.6) is 0 Å². The number of hydrogen-bond donors (Lipinski definition) is 2. The molecule has 0 spiro atoms. The molecule has 0 bridgehead atoms. The van der Waals surface area contributed by atoms with E-state index in [1.807, 2.05) is 14.0 Å². The summed E-state index contributed by atoms with van der Waals surface area (Å²) in [6.45, 7) is 7.86. The Morgan fingerprint density at radius 1 is 1.42 bits per heavy atom. The fourth-order valence-electron chi connectivity index (χ4n) is 1.99. The summed E-state index contributed by atoms with van der Waals surface area (Å²) in [4.78, 5) is 4.24. The lowest BCUT2D eigenvalue weighted by Gasteiger charge is -2.24. The zero-order valence-corrected chi connectivity index (χ0v) is 15.5. The van der Waals surface area contributed by atoms with Crippen LogP contribution in [0.25, 0.3) is 0 Å². The highest BCUT2D eigenvalue weighted by atomic mass is 127. The van der Waals surface area contributed by atoms with Crippen molar-refractivity contribution in [2.45, 2.75) is 37.9 Å². The van der Waals surface area contributed by atoms with E-state index in [1.165, 1.54) is 18.6 Å². The number of thioether (sulfide) groups is 1. The minimum atomic E-state index is 0. The molecule has 0 amide bonds. The highest BCUT2D eigenvalue weighted by molar-refractivity contribution is 14.0. The summed E-state index contributed by atoms with van der Waals surface area (Å²) in [6, 6.07) is 0. The highest BCUT2D eigenvalue weighted by Crippen LogP contribution is 2.36. The van der Waals surface area contributed by atoms with Crippen molar-refractivity contribution >= 4 is 41.7 Å². The van der Waals surface area contributed by atoms with Crippen LogP contribution >= 0.6 is 35.7 Å². The van der Waals surface area contributed by atoms with E-state index in [4.69, 9.17) is 4.74 Å². The highest BCUT2D eigenvalue weighted by Gasteiger charge is 2.29. The average Bonchev–Trinajstić information content (AvgIpc) is 2.80. The second-order valence-electron chi connectivity index (χ2n) is 4.80. The van der Waals surface area contributed by atoms with E-state index in [9.17, 15) is 0 Å². The maximum Gasteiger partial charge on any atom is 0.191 e. The topological polar surface area (TPSA) is 45.6 Å². The van der Waals surface area contributed by atoms with Gasteiger partial charge in [-0.1, -0.05) is 0 Å². The number of nitrogens with zero attached hydrogens (tertiary/aromatic N) is 1. The number of halogens is 1. The standard InChI is InChI=1S/C13H27N3OS.HI/c1-4-17-9-6-8-15-12(14-3)16-11-13(2)7-5-10-18-13;/h4-11H2,1-3H3,(H2,14,15,16);1H. The number of rotatable bonds is 7. The molecule has 1 heterocycles. The monoisotopic (exact) mass is 401 g/mol. The summed E-state index contributed by atoms with van der Waals surface area (Å²) in [6.07, 6.45) is 3.65. The summed E-state index contributed by atoms with van der Waals surface area (Å²) in [5.41, 5.74) is 0. The van der Waals surface area contributed by atoms with Crippen LogP contribution < -0.4 is 10.6 Å². The fourth-order valence-corrected chi connectivity index (χ4v) is 3.24. The Bertz CT molecular complexity index is 258. The van der Waals surface area contributed by atoms with Crippen molar-refractivity contribution in [1.82, 2.24) is 10.6 Å². The third-order valence-electron chi connectivity index (χ3n) is 3.12. The quantitative estimate of drug-likeness (QED) is 0.298. The lowest BCUT2D eigenvalue weighted by molar-refractivity contribution is 0.145. The van der Waals surface area contributed by atoms with Crippen LogP contribution in [0.3, 0.4) is 0 Å². The van der Waals surface area contributed by atoms with Crippen molar-refractivity contribution in [3.05, 3.63) is 0 Å². The number of hydrogen-bond acceptors (Lipinski definition) is 3. The van der Waals surface area contributed by atoms with Crippen molar-refractivity contribution in [2.75, 3.05) is 39.1 Å². The van der Waals surface area contributed by atoms with Gasteiger partial charge in [-0.05, 0) is 38.9 Å². The van der Waals surface area contributed by atoms with E-state index in [2.05, 4.69) is 34.3 Å². The van der Waals surface area contributed by atoms with Gasteiger partial charge in [-0.3, -0.25) is 4.99 Å². The Morgan fingerprint density at radius 2 is 2.21 bits per heavy atom. The molecule has 0 saturated carbocycles. The first-order valence-electron chi connectivity index (χ1n) is 6.86. The van der Waals surface area contributed by atoms with Crippen LogP contribution in [0.1, 0.15) is 33.1 Å². The van der Waals surface area contributed by atoms with Gasteiger partial charge in [0.15, 0.2) is 5.96 Å². The minimum absolute atomic E-state index is 0. The Labute approximate surface area is 138 Å². The second-order valence-corrected chi connectivity index (χ2v) is 6.49. The second kappa shape index (κ2) is 11.0. The van der Waals surface area contributed by atoms with E-state index in [-0.39, 0.29) is 24.0 Å². The van der Waals surface area contributed by atoms with Gasteiger partial charge < -0.3 is 15.4 Å². The van der Waals surface area contributed by atoms with Gasteiger partial charge in [0.05, 0.1) is 0 Å². The predicted molar refractivity (Wildman–Crippen MR) is 96.0 cm³/mol. The third kappa shape index (κ3) is 8.24. The maximum atomic E-state index is 5.30. The minimum Gasteiger partial charge on any atom is -0.382 e. The van der Waals surface area contributed by atoms with E-state index < -0.39 is 0 Å². The van der Waals surface area contributed by atoms with Crippen molar-refractivity contribution in [3.8, 4) is 0 Å². The Kier molecular flexibility index (Phi) is 11.2. The first kappa shape index (κ1) is 19.3. The van der Waals surface area contributed by atoms with Gasteiger partial charge in [0.1, 0.15) is 0 Å². The number of nitrogens with one attached hydrogen (secondary N) is 2. The molecule has 2 N–H and O–H groups in total. The molecule has 0 aromatic carbocycles. The average molecular weight is 401 g/mol. The van der Waals surface area contributed by atoms with Gasteiger partial charge in [0, 0.05) is 38.1 Å². The molecule has 4 nitrogen and oxygen atoms in total. The molecule has 1 fully saturated rings. The van der Waals surface area contributed by atoms with Crippen LogP contribution in [0.4, 0.5) is 0 Å². The predicted octanol–water partition coefficient (Wildman–Crippen LogP) is 2.48. The lowest BCUT2D eigenvalue weighted by Crippen LogP contribution is -2.44. The summed E-state index contributed by atoms with van der Waals surface area (Å²) in [5.74, 6) is 2.19. The van der Waals surface area contributed by atoms with Crippen LogP contribution in [0, 0.1) is 0 Å². The fraction of sp³-hybridized carbons (Fsp3) is 0.923. The molecule has 0 aromatic rings. The molecule has 0 radical (unpaired) electrons. The third-order valence-corrected chi connectivity index (χ3v) is 4.65. The molecular weight excluding hydrogens is 373 g/mol. The van der Waals surface area contributed by atoms with Crippen LogP contribution in [0.15, 0.2) is 4.99 Å². The molecule has 114 valence electrons. The van der Waals surface area contributed by atoms with Gasteiger partial charge in [-0.15, -0.1) is 24.0 Å². The van der Waals surface area contributed by atoms with Crippen molar-refractivity contribution < 1.29 is 4.74 Å². The first-order valence-corrected chi connectivity index (χ1v) is 7.85. The molecule has 1 atom stereocenters. The van der Waals surface area contributed by atoms with Crippen molar-refractivity contribution in [1.29, 1.82) is 0 Å². The maximum absolute atomic E-state index is 5.30. The van der Waals surface area contributed by atoms with E-state index >= 15 is 0 Å². The largest absolute Gasteiger partial charge is 0.382 e. The number of ether oxygens (including phenoxy) is 1. The molecule has 1 saturated heterocycles. The SMILES string of the molecule is CCOCCCNC(=NC)NCC1(C)CCCS1.I. The zero-order chi connectivity index (χ0) is 13.3. The van der Waals surface area contributed by atoms with E-state index in [1.54, 1.807) is 0 Å². The van der Waals surface area contributed by atoms with Gasteiger partial charge in [-0.25, -0.2) is 0 Å². The smallest absolute Gasteiger partial charge is 0.191 e. The summed E-state index contributed by atoms with van der Waals surface area (Å²) in [7, 11) is 1.82. The summed E-state index contributed by atoms with van der Waals surface area (Å²) >= 11 is 2.07. The van der Waals surface area contributed by atoms with Crippen LogP contribution in [-0.2, 0) is 4.74 Å². The Balaban J connectivity index is 0.00000324. The Morgan fingerprint density at radius 3 is 2.79 bits per heavy atom. The first-order chi connectivity index (χ1) is 8.70. The summed E-state index contributed by atoms with van der Waals surface area (Å²) in [5, 5.41) is 6.74. The van der Waals surface area contributed by atoms with Crippen LogP contribution in [-0.4, -0.2) is 49.8 Å². The molecule has 6 heteroatoms. The molecule has 1 aliphatic heterocycles. The zero-order valence-electron chi connectivity index (χ0n) is 12.3. The molecule has 1 rings (SSSR count). The lowest BCUT2D eigenvalue weighted by atomic mass is 10.1. The van der Waals surface area contributed by atoms with Crippen molar-refractivity contribution in [2.24, 2.45) is 4.99 Å². The van der Waals surface area contributed by atoms with Gasteiger partial charge in [0.25, 0.3) is 0 Å². The summed E-state index contributed by atoms with van der Waals surface area (Å²) < 4.78 is 5.68. The molecule has 0 aliphatic carbocycles. The van der Waals surface area contributed by atoms with Gasteiger partial charge in [-0.2, -0.15) is 11.8 Å². The molecule has 19 heavy (non-hydrogen) atoms. The molecule has 0 aromatic heterocycles. The van der Waals surface area contributed by atoms with Gasteiger partial charge >= 0.3 is 0 Å². The van der Waals surface area contributed by atoms with E-state index in [0.717, 1.165) is 38.7 Å². The van der Waals surface area contributed by atoms with Crippen LogP contribution in [0.2, 0.25) is 0 Å². The number of aliphatic imine (C=N–C) groups is 1. The number of guanidine groups is 1. The molecule has 1 unspecified atom stereocenters. The van der Waals surface area contributed by atoms with Gasteiger partial charge in [0.2, 0.25) is 0 Å². The molecular formula is C13H28IN3OS. The normalized spacial score (nSPS) is 23.0. The Hall–Kier alpha value is 0.310. The molecule has 1 aliphatic rings.